The summed E-state index contributed by atoms with van der Waals surface area (Å²) < 4.78 is 16.8. The van der Waals surface area contributed by atoms with Gasteiger partial charge in [-0.05, 0) is 78.1 Å². The zero-order valence-corrected chi connectivity index (χ0v) is 24.0. The van der Waals surface area contributed by atoms with Crippen LogP contribution < -0.4 is 16.2 Å². The Morgan fingerprint density at radius 1 is 1.18 bits per heavy atom. The second-order valence-corrected chi connectivity index (χ2v) is 12.2. The molecule has 2 aliphatic rings. The Labute approximate surface area is 235 Å². The van der Waals surface area contributed by atoms with Gasteiger partial charge in [-0.3, -0.25) is 14.5 Å². The van der Waals surface area contributed by atoms with Gasteiger partial charge >= 0.3 is 0 Å². The molecule has 0 radical (unpaired) electrons. The van der Waals surface area contributed by atoms with Gasteiger partial charge in [-0.2, -0.15) is 0 Å². The maximum Gasteiger partial charge on any atom is 0.258 e. The van der Waals surface area contributed by atoms with Crippen LogP contribution >= 0.6 is 0 Å². The molecule has 5 rings (SSSR count). The van der Waals surface area contributed by atoms with Gasteiger partial charge in [0.25, 0.3) is 11.5 Å². The summed E-state index contributed by atoms with van der Waals surface area (Å²) in [7, 11) is 0. The number of nitrogens with zero attached hydrogens (tertiary/aromatic N) is 2. The third kappa shape index (κ3) is 5.85. The van der Waals surface area contributed by atoms with Crippen LogP contribution in [-0.2, 0) is 6.54 Å². The number of amides is 1. The highest BCUT2D eigenvalue weighted by molar-refractivity contribution is 5.97. The molecule has 1 unspecified atom stereocenters. The zero-order chi connectivity index (χ0) is 28.6. The van der Waals surface area contributed by atoms with Crippen molar-refractivity contribution in [3.8, 4) is 11.1 Å². The van der Waals surface area contributed by atoms with E-state index in [1.807, 2.05) is 38.2 Å². The molecule has 8 heteroatoms. The molecule has 2 heterocycles. The van der Waals surface area contributed by atoms with Crippen molar-refractivity contribution in [3.63, 3.8) is 0 Å². The van der Waals surface area contributed by atoms with Gasteiger partial charge in [-0.25, -0.2) is 4.39 Å². The van der Waals surface area contributed by atoms with E-state index in [-0.39, 0.29) is 30.2 Å². The fourth-order valence-corrected chi connectivity index (χ4v) is 5.76. The average molecular weight is 549 g/mol. The van der Waals surface area contributed by atoms with E-state index in [1.165, 1.54) is 6.07 Å². The second kappa shape index (κ2) is 11.4. The minimum Gasteiger partial charge on any atom is -0.396 e. The Balaban J connectivity index is 1.67. The van der Waals surface area contributed by atoms with Crippen molar-refractivity contribution in [2.75, 3.05) is 32.8 Å². The molecule has 1 aliphatic carbocycles. The minimum atomic E-state index is -0.457. The van der Waals surface area contributed by atoms with Gasteiger partial charge in [0.2, 0.25) is 0 Å². The SMILES string of the molecule is CCC(c1cn(CC(C)(C)CO)c(=O)c2ccc(-c3cc(C(=O)NC4CC4)cc(F)c3C)cc12)N1CCNCC1. The van der Waals surface area contributed by atoms with E-state index in [9.17, 15) is 14.7 Å². The van der Waals surface area contributed by atoms with Gasteiger partial charge in [0.05, 0.1) is 0 Å². The van der Waals surface area contributed by atoms with Crippen LogP contribution in [0.5, 0.6) is 0 Å². The lowest BCUT2D eigenvalue weighted by Gasteiger charge is -2.35. The van der Waals surface area contributed by atoms with Crippen LogP contribution in [0.25, 0.3) is 21.9 Å². The van der Waals surface area contributed by atoms with E-state index >= 15 is 4.39 Å². The van der Waals surface area contributed by atoms with Crippen molar-refractivity contribution in [1.29, 1.82) is 0 Å². The van der Waals surface area contributed by atoms with Gasteiger partial charge in [-0.1, -0.05) is 26.8 Å². The van der Waals surface area contributed by atoms with Crippen molar-refractivity contribution in [2.24, 2.45) is 5.41 Å². The topological polar surface area (TPSA) is 86.6 Å². The van der Waals surface area contributed by atoms with E-state index in [2.05, 4.69) is 22.5 Å². The Morgan fingerprint density at radius 3 is 2.55 bits per heavy atom. The smallest absolute Gasteiger partial charge is 0.258 e. The molecule has 0 bridgehead atoms. The number of pyridine rings is 1. The molecule has 2 aromatic carbocycles. The number of hydrogen-bond donors (Lipinski definition) is 3. The zero-order valence-electron chi connectivity index (χ0n) is 24.0. The maximum absolute atomic E-state index is 15.1. The van der Waals surface area contributed by atoms with Crippen LogP contribution in [0, 0.1) is 18.2 Å². The molecule has 3 aromatic rings. The van der Waals surface area contributed by atoms with E-state index < -0.39 is 11.2 Å². The molecule has 3 N–H and O–H groups in total. The summed E-state index contributed by atoms with van der Waals surface area (Å²) in [6.45, 7) is 11.8. The first kappa shape index (κ1) is 28.5. The fraction of sp³-hybridized carbons (Fsp3) is 0.500. The van der Waals surface area contributed by atoms with Crippen LogP contribution in [0.15, 0.2) is 41.3 Å². The van der Waals surface area contributed by atoms with E-state index in [4.69, 9.17) is 0 Å². The highest BCUT2D eigenvalue weighted by Crippen LogP contribution is 2.35. The number of aliphatic hydroxyl groups excluding tert-OH is 1. The Morgan fingerprint density at radius 2 is 1.90 bits per heavy atom. The van der Waals surface area contributed by atoms with Crippen molar-refractivity contribution in [1.82, 2.24) is 20.1 Å². The molecule has 1 aliphatic heterocycles. The Bertz CT molecular complexity index is 1470. The number of piperazine rings is 1. The molecule has 1 saturated carbocycles. The number of nitrogens with one attached hydrogen (secondary N) is 2. The summed E-state index contributed by atoms with van der Waals surface area (Å²) in [6, 6.07) is 9.01. The normalized spacial score (nSPS) is 17.2. The Hall–Kier alpha value is -3.07. The molecule has 2 fully saturated rings. The summed E-state index contributed by atoms with van der Waals surface area (Å²) in [5.41, 5.74) is 2.68. The number of benzene rings is 2. The number of carbonyl (C=O) groups is 1. The van der Waals surface area contributed by atoms with Crippen LogP contribution in [0.2, 0.25) is 0 Å². The largest absolute Gasteiger partial charge is 0.396 e. The lowest BCUT2D eigenvalue weighted by molar-refractivity contribution is 0.0950. The number of fused-ring (bicyclic) bond motifs is 1. The third-order valence-electron chi connectivity index (χ3n) is 8.31. The van der Waals surface area contributed by atoms with Gasteiger partial charge in [0.1, 0.15) is 5.82 Å². The predicted octanol–water partition coefficient (Wildman–Crippen LogP) is 4.38. The van der Waals surface area contributed by atoms with E-state index in [0.29, 0.717) is 28.6 Å². The second-order valence-electron chi connectivity index (χ2n) is 12.2. The monoisotopic (exact) mass is 548 g/mol. The molecule has 40 heavy (non-hydrogen) atoms. The van der Waals surface area contributed by atoms with Gasteiger partial charge < -0.3 is 20.3 Å². The number of carbonyl (C=O) groups excluding carboxylic acids is 1. The highest BCUT2D eigenvalue weighted by Gasteiger charge is 2.27. The number of aromatic nitrogens is 1. The summed E-state index contributed by atoms with van der Waals surface area (Å²) in [4.78, 5) is 29.0. The maximum atomic E-state index is 15.1. The van der Waals surface area contributed by atoms with Crippen molar-refractivity contribution < 1.29 is 14.3 Å². The van der Waals surface area contributed by atoms with Gasteiger partial charge in [0.15, 0.2) is 0 Å². The minimum absolute atomic E-state index is 0.0315. The highest BCUT2D eigenvalue weighted by atomic mass is 19.1. The summed E-state index contributed by atoms with van der Waals surface area (Å²) >= 11 is 0. The number of halogens is 1. The summed E-state index contributed by atoms with van der Waals surface area (Å²) in [5.74, 6) is -0.684. The molecular weight excluding hydrogens is 507 g/mol. The summed E-state index contributed by atoms with van der Waals surface area (Å²) in [5, 5.41) is 17.7. The predicted molar refractivity (Wildman–Crippen MR) is 157 cm³/mol. The van der Waals surface area contributed by atoms with E-state index in [1.54, 1.807) is 17.6 Å². The van der Waals surface area contributed by atoms with Crippen molar-refractivity contribution in [3.05, 3.63) is 69.4 Å². The van der Waals surface area contributed by atoms with Gasteiger partial charge in [-0.15, -0.1) is 0 Å². The number of aliphatic hydroxyl groups is 1. The average Bonchev–Trinajstić information content (AvgIpc) is 3.77. The molecule has 214 valence electrons. The Kier molecular flexibility index (Phi) is 8.13. The van der Waals surface area contributed by atoms with Crippen molar-refractivity contribution in [2.45, 2.75) is 65.6 Å². The molecule has 1 saturated heterocycles. The molecule has 0 spiro atoms. The first-order chi connectivity index (χ1) is 19.1. The fourth-order valence-electron chi connectivity index (χ4n) is 5.76. The van der Waals surface area contributed by atoms with Crippen LogP contribution in [-0.4, -0.2) is 59.3 Å². The number of rotatable bonds is 9. The van der Waals surface area contributed by atoms with Crippen LogP contribution in [0.3, 0.4) is 0 Å². The van der Waals surface area contributed by atoms with Crippen molar-refractivity contribution >= 4 is 16.7 Å². The third-order valence-corrected chi connectivity index (χ3v) is 8.31. The van der Waals surface area contributed by atoms with E-state index in [0.717, 1.165) is 62.0 Å². The molecule has 1 atom stereocenters. The lowest BCUT2D eigenvalue weighted by atomic mass is 9.91. The lowest BCUT2D eigenvalue weighted by Crippen LogP contribution is -2.45. The molecule has 7 nitrogen and oxygen atoms in total. The van der Waals surface area contributed by atoms with Gasteiger partial charge in [0, 0.05) is 74.0 Å². The molecule has 1 aromatic heterocycles. The van der Waals surface area contributed by atoms with Crippen LogP contribution in [0.1, 0.15) is 67.6 Å². The first-order valence-electron chi connectivity index (χ1n) is 14.5. The standard InChI is InChI=1S/C32H41FN4O3/c1-5-29(36-12-10-34-11-13-36)27-17-37(18-32(3,4)19-38)31(40)24-9-6-21(14-26(24)27)25-15-22(16-28(33)20(25)2)30(39)35-23-7-8-23/h6,9,14-17,23,29,34,38H,5,7-8,10-13,18-19H2,1-4H3,(H,35,39). The summed E-state index contributed by atoms with van der Waals surface area (Å²) in [6.07, 6.45) is 4.75. The molecule has 1 amide bonds. The quantitative estimate of drug-likeness (QED) is 0.370. The molecular formula is C32H41FN4O3. The first-order valence-corrected chi connectivity index (χ1v) is 14.5. The number of hydrogen-bond acceptors (Lipinski definition) is 5. The van der Waals surface area contributed by atoms with Crippen LogP contribution in [0.4, 0.5) is 4.39 Å².